The average Bonchev–Trinajstić information content (AvgIpc) is 2.26. The van der Waals surface area contributed by atoms with E-state index in [-0.39, 0.29) is 12.7 Å². The molecule has 1 saturated carbocycles. The van der Waals surface area contributed by atoms with Crippen molar-refractivity contribution in [3.63, 3.8) is 0 Å². The minimum absolute atomic E-state index is 0.165. The monoisotopic (exact) mass is 230 g/mol. The van der Waals surface area contributed by atoms with Crippen LogP contribution in [0.2, 0.25) is 0 Å². The van der Waals surface area contributed by atoms with E-state index >= 15 is 0 Å². The fourth-order valence-electron chi connectivity index (χ4n) is 2.13. The molecule has 1 rings (SSSR count). The van der Waals surface area contributed by atoms with Gasteiger partial charge < -0.3 is 14.6 Å². The molecule has 0 saturated heterocycles. The number of carbonyl (C=O) groups is 1. The van der Waals surface area contributed by atoms with E-state index in [0.29, 0.717) is 12.5 Å². The maximum absolute atomic E-state index is 10.8. The number of hydrogen-bond donors (Lipinski definition) is 1. The molecule has 0 aromatic rings. The summed E-state index contributed by atoms with van der Waals surface area (Å²) in [5, 5.41) is 8.89. The molecule has 1 N–H and O–H groups in total. The Kier molecular flexibility index (Phi) is 5.77. The van der Waals surface area contributed by atoms with E-state index in [2.05, 4.69) is 6.92 Å². The van der Waals surface area contributed by atoms with Crippen molar-refractivity contribution in [1.29, 1.82) is 0 Å². The molecule has 0 spiro atoms. The van der Waals surface area contributed by atoms with Gasteiger partial charge >= 0.3 is 5.97 Å². The summed E-state index contributed by atoms with van der Waals surface area (Å²) >= 11 is 0. The highest BCUT2D eigenvalue weighted by Crippen LogP contribution is 2.26. The first kappa shape index (κ1) is 13.5. The van der Waals surface area contributed by atoms with E-state index in [1.807, 2.05) is 0 Å². The number of carboxylic acid groups (broad SMARTS) is 1. The van der Waals surface area contributed by atoms with Gasteiger partial charge in [0.25, 0.3) is 0 Å². The number of aliphatic carboxylic acids is 1. The first-order valence-corrected chi connectivity index (χ1v) is 6.11. The zero-order valence-electron chi connectivity index (χ0n) is 10.1. The molecule has 0 amide bonds. The Labute approximate surface area is 96.9 Å². The Morgan fingerprint density at radius 2 is 2.12 bits per heavy atom. The lowest BCUT2D eigenvalue weighted by Gasteiger charge is -2.29. The topological polar surface area (TPSA) is 55.8 Å². The summed E-state index contributed by atoms with van der Waals surface area (Å²) < 4.78 is 10.8. The van der Waals surface area contributed by atoms with Crippen LogP contribution < -0.4 is 0 Å². The van der Waals surface area contributed by atoms with Crippen LogP contribution in [0.5, 0.6) is 0 Å². The first-order valence-electron chi connectivity index (χ1n) is 6.11. The predicted octanol–water partition coefficient (Wildman–Crippen LogP) is 2.07. The molecule has 16 heavy (non-hydrogen) atoms. The molecule has 94 valence electrons. The SMILES string of the molecule is CCOC(COC1CCCCC1C)C(=O)O. The zero-order valence-corrected chi connectivity index (χ0v) is 10.1. The van der Waals surface area contributed by atoms with Crippen LogP contribution in [0.1, 0.15) is 39.5 Å². The molecule has 0 heterocycles. The normalized spacial score (nSPS) is 27.6. The largest absolute Gasteiger partial charge is 0.479 e. The molecule has 0 bridgehead atoms. The molecule has 1 aliphatic rings. The van der Waals surface area contributed by atoms with Crippen molar-refractivity contribution in [3.8, 4) is 0 Å². The van der Waals surface area contributed by atoms with Crippen molar-refractivity contribution in [2.75, 3.05) is 13.2 Å². The standard InChI is InChI=1S/C12H22O4/c1-3-15-11(12(13)14)8-16-10-7-5-4-6-9(10)2/h9-11H,3-8H2,1-2H3,(H,13,14). The van der Waals surface area contributed by atoms with Crippen molar-refractivity contribution < 1.29 is 19.4 Å². The lowest BCUT2D eigenvalue weighted by atomic mass is 9.88. The second-order valence-corrected chi connectivity index (χ2v) is 4.42. The third-order valence-corrected chi connectivity index (χ3v) is 3.14. The van der Waals surface area contributed by atoms with Crippen LogP contribution in [0.4, 0.5) is 0 Å². The Balaban J connectivity index is 2.32. The van der Waals surface area contributed by atoms with Crippen LogP contribution in [0.15, 0.2) is 0 Å². The van der Waals surface area contributed by atoms with Crippen LogP contribution in [-0.4, -0.2) is 36.5 Å². The fourth-order valence-corrected chi connectivity index (χ4v) is 2.13. The van der Waals surface area contributed by atoms with E-state index < -0.39 is 12.1 Å². The predicted molar refractivity (Wildman–Crippen MR) is 60.4 cm³/mol. The molecular weight excluding hydrogens is 208 g/mol. The van der Waals surface area contributed by atoms with Gasteiger partial charge in [-0.2, -0.15) is 0 Å². The fraction of sp³-hybridized carbons (Fsp3) is 0.917. The van der Waals surface area contributed by atoms with Crippen LogP contribution >= 0.6 is 0 Å². The molecule has 1 fully saturated rings. The summed E-state index contributed by atoms with van der Waals surface area (Å²) in [6, 6.07) is 0. The number of hydrogen-bond acceptors (Lipinski definition) is 3. The Bertz CT molecular complexity index is 217. The molecule has 0 radical (unpaired) electrons. The van der Waals surface area contributed by atoms with Gasteiger partial charge in [0, 0.05) is 6.61 Å². The van der Waals surface area contributed by atoms with E-state index in [0.717, 1.165) is 6.42 Å². The van der Waals surface area contributed by atoms with Gasteiger partial charge in [-0.15, -0.1) is 0 Å². The third kappa shape index (κ3) is 4.10. The van der Waals surface area contributed by atoms with Crippen molar-refractivity contribution in [3.05, 3.63) is 0 Å². The molecule has 4 heteroatoms. The highest BCUT2D eigenvalue weighted by Gasteiger charge is 2.25. The van der Waals surface area contributed by atoms with E-state index in [9.17, 15) is 4.79 Å². The van der Waals surface area contributed by atoms with Gasteiger partial charge in [-0.3, -0.25) is 0 Å². The van der Waals surface area contributed by atoms with E-state index in [1.54, 1.807) is 6.92 Å². The lowest BCUT2D eigenvalue weighted by Crippen LogP contribution is -2.34. The Morgan fingerprint density at radius 1 is 1.44 bits per heavy atom. The van der Waals surface area contributed by atoms with E-state index in [1.165, 1.54) is 19.3 Å². The summed E-state index contributed by atoms with van der Waals surface area (Å²) in [4.78, 5) is 10.8. The molecule has 3 unspecified atom stereocenters. The van der Waals surface area contributed by atoms with Crippen LogP contribution in [0, 0.1) is 5.92 Å². The third-order valence-electron chi connectivity index (χ3n) is 3.14. The van der Waals surface area contributed by atoms with Crippen LogP contribution in [0.25, 0.3) is 0 Å². The van der Waals surface area contributed by atoms with Gasteiger partial charge in [0.05, 0.1) is 12.7 Å². The number of ether oxygens (including phenoxy) is 2. The molecule has 3 atom stereocenters. The summed E-state index contributed by atoms with van der Waals surface area (Å²) in [6.07, 6.45) is 4.04. The summed E-state index contributed by atoms with van der Waals surface area (Å²) in [7, 11) is 0. The maximum Gasteiger partial charge on any atom is 0.335 e. The van der Waals surface area contributed by atoms with Gasteiger partial charge in [-0.1, -0.05) is 19.8 Å². The Morgan fingerprint density at radius 3 is 2.69 bits per heavy atom. The van der Waals surface area contributed by atoms with Crippen molar-refractivity contribution in [1.82, 2.24) is 0 Å². The number of carboxylic acids is 1. The van der Waals surface area contributed by atoms with Crippen LogP contribution in [0.3, 0.4) is 0 Å². The van der Waals surface area contributed by atoms with Crippen LogP contribution in [-0.2, 0) is 14.3 Å². The summed E-state index contributed by atoms with van der Waals surface area (Å²) in [5.74, 6) is -0.407. The van der Waals surface area contributed by atoms with E-state index in [4.69, 9.17) is 14.6 Å². The summed E-state index contributed by atoms with van der Waals surface area (Å²) in [6.45, 7) is 4.53. The highest BCUT2D eigenvalue weighted by atomic mass is 16.6. The Hall–Kier alpha value is -0.610. The van der Waals surface area contributed by atoms with Gasteiger partial charge in [-0.25, -0.2) is 4.79 Å². The minimum atomic E-state index is -0.940. The van der Waals surface area contributed by atoms with Gasteiger partial charge in [0.1, 0.15) is 0 Å². The first-order chi connectivity index (χ1) is 7.65. The zero-order chi connectivity index (χ0) is 12.0. The van der Waals surface area contributed by atoms with Gasteiger partial charge in [-0.05, 0) is 25.7 Å². The second kappa shape index (κ2) is 6.86. The van der Waals surface area contributed by atoms with Gasteiger partial charge in [0.2, 0.25) is 0 Å². The molecule has 0 aromatic heterocycles. The minimum Gasteiger partial charge on any atom is -0.479 e. The lowest BCUT2D eigenvalue weighted by molar-refractivity contribution is -0.157. The quantitative estimate of drug-likeness (QED) is 0.759. The molecule has 4 nitrogen and oxygen atoms in total. The molecule has 0 aliphatic heterocycles. The molecule has 0 aromatic carbocycles. The number of rotatable bonds is 6. The van der Waals surface area contributed by atoms with Crippen molar-refractivity contribution >= 4 is 5.97 Å². The van der Waals surface area contributed by atoms with Gasteiger partial charge in [0.15, 0.2) is 6.10 Å². The average molecular weight is 230 g/mol. The summed E-state index contributed by atoms with van der Waals surface area (Å²) in [5.41, 5.74) is 0. The van der Waals surface area contributed by atoms with Crippen molar-refractivity contribution in [2.45, 2.75) is 51.7 Å². The molecular formula is C12H22O4. The molecule has 1 aliphatic carbocycles. The maximum atomic E-state index is 10.8. The van der Waals surface area contributed by atoms with Crippen molar-refractivity contribution in [2.24, 2.45) is 5.92 Å². The smallest absolute Gasteiger partial charge is 0.335 e. The second-order valence-electron chi connectivity index (χ2n) is 4.42. The highest BCUT2D eigenvalue weighted by molar-refractivity contribution is 5.72.